The normalized spacial score (nSPS) is 10.0. The molecule has 26 heavy (non-hydrogen) atoms. The fourth-order valence-electron chi connectivity index (χ4n) is 2.18. The fraction of sp³-hybridized carbons (Fsp3) is 0.125. The Balaban J connectivity index is 2.38. The van der Waals surface area contributed by atoms with Crippen molar-refractivity contribution in [1.29, 1.82) is 0 Å². The minimum absolute atomic E-state index is 0.178. The van der Waals surface area contributed by atoms with Crippen molar-refractivity contribution < 1.29 is 19.4 Å². The lowest BCUT2D eigenvalue weighted by atomic mass is 10.1. The topological polar surface area (TPSA) is 144 Å². The van der Waals surface area contributed by atoms with Gasteiger partial charge in [0.15, 0.2) is 0 Å². The Morgan fingerprint density at radius 2 is 1.54 bits per heavy atom. The maximum absolute atomic E-state index is 12.4. The molecule has 0 radical (unpaired) electrons. The van der Waals surface area contributed by atoms with E-state index in [0.29, 0.717) is 6.54 Å². The summed E-state index contributed by atoms with van der Waals surface area (Å²) in [4.78, 5) is 44.6. The highest BCUT2D eigenvalue weighted by atomic mass is 16.6. The number of nitrogens with zero attached hydrogens (tertiary/aromatic N) is 2. The van der Waals surface area contributed by atoms with E-state index in [-0.39, 0.29) is 16.8 Å². The van der Waals surface area contributed by atoms with Gasteiger partial charge in [-0.2, -0.15) is 0 Å². The van der Waals surface area contributed by atoms with Crippen LogP contribution in [0.2, 0.25) is 0 Å². The van der Waals surface area contributed by atoms with Gasteiger partial charge < -0.3 is 10.6 Å². The van der Waals surface area contributed by atoms with Crippen molar-refractivity contribution in [2.24, 2.45) is 0 Å². The number of amides is 2. The third kappa shape index (κ3) is 4.17. The maximum Gasteiger partial charge on any atom is 0.277 e. The summed E-state index contributed by atoms with van der Waals surface area (Å²) in [6, 6.07) is 8.80. The Kier molecular flexibility index (Phi) is 5.58. The Bertz CT molecular complexity index is 864. The number of para-hydroxylation sites is 1. The summed E-state index contributed by atoms with van der Waals surface area (Å²) in [6.07, 6.45) is 0. The fourth-order valence-corrected chi connectivity index (χ4v) is 2.18. The molecule has 0 saturated carbocycles. The van der Waals surface area contributed by atoms with Crippen molar-refractivity contribution in [2.75, 3.05) is 11.9 Å². The summed E-state index contributed by atoms with van der Waals surface area (Å²) in [6.45, 7) is 2.12. The van der Waals surface area contributed by atoms with Crippen molar-refractivity contribution in [3.05, 3.63) is 73.8 Å². The maximum atomic E-state index is 12.4. The quantitative estimate of drug-likeness (QED) is 0.599. The molecular formula is C16H14N4O6. The van der Waals surface area contributed by atoms with E-state index in [0.717, 1.165) is 18.2 Å². The number of nitrogens with one attached hydrogen (secondary N) is 2. The van der Waals surface area contributed by atoms with Crippen molar-refractivity contribution in [3.8, 4) is 0 Å². The summed E-state index contributed by atoms with van der Waals surface area (Å²) < 4.78 is 0. The number of anilines is 1. The zero-order valence-corrected chi connectivity index (χ0v) is 13.6. The van der Waals surface area contributed by atoms with Gasteiger partial charge in [-0.1, -0.05) is 12.1 Å². The second-order valence-corrected chi connectivity index (χ2v) is 5.11. The first-order valence-electron chi connectivity index (χ1n) is 7.46. The average molecular weight is 358 g/mol. The summed E-state index contributed by atoms with van der Waals surface area (Å²) in [7, 11) is 0. The molecule has 0 aliphatic rings. The molecule has 0 unspecified atom stereocenters. The third-order valence-corrected chi connectivity index (χ3v) is 3.34. The monoisotopic (exact) mass is 358 g/mol. The number of hydrogen-bond acceptors (Lipinski definition) is 6. The first-order valence-corrected chi connectivity index (χ1v) is 7.46. The first kappa shape index (κ1) is 18.5. The van der Waals surface area contributed by atoms with Gasteiger partial charge in [0.2, 0.25) is 0 Å². The number of non-ortho nitro benzene ring substituents is 2. The van der Waals surface area contributed by atoms with Gasteiger partial charge in [0, 0.05) is 18.7 Å². The molecule has 0 fully saturated rings. The van der Waals surface area contributed by atoms with Crippen LogP contribution in [0.25, 0.3) is 0 Å². The van der Waals surface area contributed by atoms with Crippen molar-refractivity contribution >= 4 is 28.9 Å². The number of carbonyl (C=O) groups is 2. The van der Waals surface area contributed by atoms with Gasteiger partial charge in [-0.3, -0.25) is 29.8 Å². The largest absolute Gasteiger partial charge is 0.352 e. The van der Waals surface area contributed by atoms with Crippen LogP contribution < -0.4 is 10.6 Å². The smallest absolute Gasteiger partial charge is 0.277 e. The molecule has 10 heteroatoms. The molecule has 2 rings (SSSR count). The molecule has 10 nitrogen and oxygen atoms in total. The van der Waals surface area contributed by atoms with Gasteiger partial charge in [-0.05, 0) is 19.1 Å². The van der Waals surface area contributed by atoms with E-state index in [1.165, 1.54) is 12.1 Å². The van der Waals surface area contributed by atoms with Crippen LogP contribution in [-0.4, -0.2) is 28.2 Å². The lowest BCUT2D eigenvalue weighted by Crippen LogP contribution is -2.24. The summed E-state index contributed by atoms with van der Waals surface area (Å²) in [5.74, 6) is -1.22. The van der Waals surface area contributed by atoms with Crippen LogP contribution in [0.3, 0.4) is 0 Å². The van der Waals surface area contributed by atoms with Crippen LogP contribution in [0.15, 0.2) is 42.5 Å². The minimum Gasteiger partial charge on any atom is -0.352 e. The van der Waals surface area contributed by atoms with Crippen LogP contribution in [0.1, 0.15) is 27.6 Å². The van der Waals surface area contributed by atoms with E-state index < -0.39 is 33.0 Å². The molecule has 0 aliphatic heterocycles. The molecule has 0 aromatic heterocycles. The van der Waals surface area contributed by atoms with Crippen LogP contribution >= 0.6 is 0 Å². The number of hydrogen-bond donors (Lipinski definition) is 2. The second-order valence-electron chi connectivity index (χ2n) is 5.11. The second kappa shape index (κ2) is 7.83. The van der Waals surface area contributed by atoms with Gasteiger partial charge in [-0.25, -0.2) is 0 Å². The van der Waals surface area contributed by atoms with E-state index in [1.807, 2.05) is 0 Å². The molecule has 0 heterocycles. The van der Waals surface area contributed by atoms with Crippen LogP contribution in [-0.2, 0) is 0 Å². The molecule has 0 atom stereocenters. The highest BCUT2D eigenvalue weighted by Gasteiger charge is 2.21. The molecule has 2 aromatic rings. The first-order chi connectivity index (χ1) is 12.3. The van der Waals surface area contributed by atoms with Crippen LogP contribution in [0.4, 0.5) is 17.1 Å². The van der Waals surface area contributed by atoms with Gasteiger partial charge in [0.1, 0.15) is 0 Å². The Hall–Kier alpha value is -3.82. The Labute approximate surface area is 147 Å². The van der Waals surface area contributed by atoms with Crippen LogP contribution in [0, 0.1) is 20.2 Å². The molecular weight excluding hydrogens is 344 g/mol. The molecule has 2 N–H and O–H groups in total. The predicted octanol–water partition coefficient (Wildman–Crippen LogP) is 2.51. The van der Waals surface area contributed by atoms with Gasteiger partial charge in [0.05, 0.1) is 32.7 Å². The molecule has 134 valence electrons. The highest BCUT2D eigenvalue weighted by molar-refractivity contribution is 6.09. The summed E-state index contributed by atoms with van der Waals surface area (Å²) >= 11 is 0. The number of carbonyl (C=O) groups excluding carboxylic acids is 2. The molecule has 2 aromatic carbocycles. The Morgan fingerprint density at radius 1 is 0.962 bits per heavy atom. The minimum atomic E-state index is -0.827. The highest BCUT2D eigenvalue weighted by Crippen LogP contribution is 2.24. The lowest BCUT2D eigenvalue weighted by molar-refractivity contribution is -0.394. The molecule has 0 spiro atoms. The van der Waals surface area contributed by atoms with Crippen molar-refractivity contribution in [3.63, 3.8) is 0 Å². The van der Waals surface area contributed by atoms with E-state index in [4.69, 9.17) is 0 Å². The summed E-state index contributed by atoms with van der Waals surface area (Å²) in [5, 5.41) is 26.9. The number of nitro groups is 2. The zero-order chi connectivity index (χ0) is 19.3. The molecule has 0 aliphatic carbocycles. The van der Waals surface area contributed by atoms with Gasteiger partial charge >= 0.3 is 0 Å². The van der Waals surface area contributed by atoms with E-state index in [1.54, 1.807) is 19.1 Å². The van der Waals surface area contributed by atoms with Gasteiger partial charge in [-0.15, -0.1) is 0 Å². The zero-order valence-electron chi connectivity index (χ0n) is 13.6. The standard InChI is InChI=1S/C16H14N4O6/c1-2-17-16(22)13-5-3-4-6-14(13)18-15(21)10-7-11(19(23)24)9-12(8-10)20(25)26/h3-9H,2H2,1H3,(H,17,22)(H,18,21). The van der Waals surface area contributed by atoms with Crippen LogP contribution in [0.5, 0.6) is 0 Å². The molecule has 0 bridgehead atoms. The van der Waals surface area contributed by atoms with E-state index >= 15 is 0 Å². The molecule has 2 amide bonds. The average Bonchev–Trinajstić information content (AvgIpc) is 2.61. The lowest BCUT2D eigenvalue weighted by Gasteiger charge is -2.10. The van der Waals surface area contributed by atoms with Crippen molar-refractivity contribution in [1.82, 2.24) is 5.32 Å². The number of nitro benzene ring substituents is 2. The SMILES string of the molecule is CCNC(=O)c1ccccc1NC(=O)c1cc([N+](=O)[O-])cc([N+](=O)[O-])c1. The number of rotatable bonds is 6. The van der Waals surface area contributed by atoms with Crippen molar-refractivity contribution in [2.45, 2.75) is 6.92 Å². The molecule has 0 saturated heterocycles. The Morgan fingerprint density at radius 3 is 2.08 bits per heavy atom. The van der Waals surface area contributed by atoms with E-state index in [2.05, 4.69) is 10.6 Å². The number of benzene rings is 2. The van der Waals surface area contributed by atoms with Gasteiger partial charge in [0.25, 0.3) is 23.2 Å². The third-order valence-electron chi connectivity index (χ3n) is 3.34. The predicted molar refractivity (Wildman–Crippen MR) is 92.2 cm³/mol. The summed E-state index contributed by atoms with van der Waals surface area (Å²) in [5.41, 5.74) is -1.06. The van der Waals surface area contributed by atoms with E-state index in [9.17, 15) is 29.8 Å².